The number of ether oxygens (including phenoxy) is 2. The molecule has 7 heteroatoms. The number of carbonyl (C=O) groups excluding carboxylic acids is 2. The van der Waals surface area contributed by atoms with Crippen LogP contribution in [0.4, 0.5) is 9.59 Å². The number of aliphatic hydroxyl groups excluding tert-OH is 1. The number of alkyl carbamates (subject to hydrolysis) is 1. The molecule has 0 spiro atoms. The number of hydrogen-bond acceptors (Lipinski definition) is 5. The molecule has 2 N–H and O–H groups in total. The number of carbonyl (C=O) groups is 2. The highest BCUT2D eigenvalue weighted by Crippen LogP contribution is 2.31. The summed E-state index contributed by atoms with van der Waals surface area (Å²) in [6.45, 7) is 8.67. The predicted octanol–water partition coefficient (Wildman–Crippen LogP) is 5.35. The van der Waals surface area contributed by atoms with Gasteiger partial charge in [0.1, 0.15) is 12.2 Å². The third kappa shape index (κ3) is 7.48. The van der Waals surface area contributed by atoms with Gasteiger partial charge in [-0.15, -0.1) is 0 Å². The van der Waals surface area contributed by atoms with Gasteiger partial charge < -0.3 is 24.8 Å². The molecule has 7 nitrogen and oxygen atoms in total. The lowest BCUT2D eigenvalue weighted by atomic mass is 9.88. The van der Waals surface area contributed by atoms with E-state index in [4.69, 9.17) is 9.47 Å². The van der Waals surface area contributed by atoms with E-state index < -0.39 is 17.8 Å². The molecule has 0 aliphatic carbocycles. The normalized spacial score (nSPS) is 18.0. The fourth-order valence-corrected chi connectivity index (χ4v) is 4.07. The molecule has 2 unspecified atom stereocenters. The summed E-state index contributed by atoms with van der Waals surface area (Å²) in [6, 6.07) is 16.9. The highest BCUT2D eigenvalue weighted by molar-refractivity contribution is 5.68. The van der Waals surface area contributed by atoms with Crippen LogP contribution in [0.5, 0.6) is 0 Å². The van der Waals surface area contributed by atoms with Gasteiger partial charge in [-0.1, -0.05) is 54.6 Å². The fraction of sp³-hybridized carbons (Fsp3) is 0.481. The monoisotopic (exact) mass is 468 g/mol. The quantitative estimate of drug-likeness (QED) is 0.596. The Morgan fingerprint density at radius 1 is 1.09 bits per heavy atom. The summed E-state index contributed by atoms with van der Waals surface area (Å²) in [4.78, 5) is 26.3. The molecule has 34 heavy (non-hydrogen) atoms. The zero-order valence-electron chi connectivity index (χ0n) is 20.5. The largest absolute Gasteiger partial charge is 0.445 e. The summed E-state index contributed by atoms with van der Waals surface area (Å²) in [7, 11) is 0. The van der Waals surface area contributed by atoms with E-state index in [-0.39, 0.29) is 24.7 Å². The highest BCUT2D eigenvalue weighted by atomic mass is 16.6. The summed E-state index contributed by atoms with van der Waals surface area (Å²) >= 11 is 0. The van der Waals surface area contributed by atoms with Gasteiger partial charge in [-0.2, -0.15) is 0 Å². The second-order valence-electron chi connectivity index (χ2n) is 9.87. The van der Waals surface area contributed by atoms with Crippen molar-refractivity contribution in [3.05, 3.63) is 71.3 Å². The van der Waals surface area contributed by atoms with Crippen molar-refractivity contribution >= 4 is 12.2 Å². The minimum atomic E-state index is -0.687. The van der Waals surface area contributed by atoms with Crippen LogP contribution < -0.4 is 5.32 Å². The minimum Gasteiger partial charge on any atom is -0.445 e. The maximum atomic E-state index is 12.5. The van der Waals surface area contributed by atoms with Crippen LogP contribution in [0.15, 0.2) is 54.6 Å². The summed E-state index contributed by atoms with van der Waals surface area (Å²) < 4.78 is 10.8. The first-order valence-corrected chi connectivity index (χ1v) is 11.9. The van der Waals surface area contributed by atoms with Crippen LogP contribution in [-0.2, 0) is 16.1 Å². The van der Waals surface area contributed by atoms with Gasteiger partial charge in [-0.25, -0.2) is 9.59 Å². The molecule has 0 bridgehead atoms. The molecule has 0 radical (unpaired) electrons. The Hall–Kier alpha value is -3.06. The second-order valence-corrected chi connectivity index (χ2v) is 9.87. The number of nitrogens with one attached hydrogen (secondary N) is 1. The molecule has 0 saturated carbocycles. The van der Waals surface area contributed by atoms with Gasteiger partial charge in [-0.3, -0.25) is 0 Å². The molecule has 1 aliphatic heterocycles. The third-order valence-electron chi connectivity index (χ3n) is 5.88. The molecule has 1 heterocycles. The Balaban J connectivity index is 1.53. The van der Waals surface area contributed by atoms with Gasteiger partial charge in [0.15, 0.2) is 0 Å². The van der Waals surface area contributed by atoms with Crippen molar-refractivity contribution in [2.45, 2.75) is 64.9 Å². The van der Waals surface area contributed by atoms with E-state index in [0.29, 0.717) is 13.1 Å². The lowest BCUT2D eigenvalue weighted by molar-refractivity contribution is 0.0370. The number of aliphatic hydroxyl groups is 1. The van der Waals surface area contributed by atoms with Gasteiger partial charge in [-0.05, 0) is 57.2 Å². The van der Waals surface area contributed by atoms with E-state index in [1.807, 2.05) is 82.3 Å². The zero-order chi connectivity index (χ0) is 24.7. The van der Waals surface area contributed by atoms with Crippen molar-refractivity contribution in [1.82, 2.24) is 10.2 Å². The van der Waals surface area contributed by atoms with Crippen LogP contribution in [0.2, 0.25) is 0 Å². The van der Waals surface area contributed by atoms with E-state index in [0.717, 1.165) is 29.5 Å². The molecular weight excluding hydrogens is 432 g/mol. The second kappa shape index (κ2) is 11.4. The molecule has 1 saturated heterocycles. The molecule has 3 atom stereocenters. The van der Waals surface area contributed by atoms with Crippen LogP contribution in [0, 0.1) is 5.92 Å². The number of hydrogen-bond donors (Lipinski definition) is 2. The summed E-state index contributed by atoms with van der Waals surface area (Å²) in [5.41, 5.74) is 2.09. The molecule has 0 aromatic heterocycles. The van der Waals surface area contributed by atoms with Crippen molar-refractivity contribution in [1.29, 1.82) is 0 Å². The highest BCUT2D eigenvalue weighted by Gasteiger charge is 2.30. The lowest BCUT2D eigenvalue weighted by Gasteiger charge is -2.34. The first-order valence-electron chi connectivity index (χ1n) is 11.9. The summed E-state index contributed by atoms with van der Waals surface area (Å²) in [6.07, 6.45) is 0.149. The standard InChI is InChI=1S/C27H36N2O5/c1-19(28-25(31)34-27(2,3)4)21-12-14-22(15-13-21)24(30)23-11-8-16-29(17-23)26(32)33-18-20-9-6-5-7-10-20/h5-7,9-10,12-15,19,23-24,30H,8,11,16-18H2,1-4H3,(H,28,31)/t19-,23?,24?/m0/s1. The van der Waals surface area contributed by atoms with Crippen LogP contribution in [-0.4, -0.2) is 40.9 Å². The molecule has 184 valence electrons. The number of nitrogens with zero attached hydrogens (tertiary/aromatic N) is 1. The van der Waals surface area contributed by atoms with Gasteiger partial charge in [0, 0.05) is 19.0 Å². The Morgan fingerprint density at radius 2 is 1.74 bits per heavy atom. The van der Waals surface area contributed by atoms with E-state index in [2.05, 4.69) is 5.32 Å². The lowest BCUT2D eigenvalue weighted by Crippen LogP contribution is -2.41. The third-order valence-corrected chi connectivity index (χ3v) is 5.88. The minimum absolute atomic E-state index is 0.0683. The molecule has 1 fully saturated rings. The number of rotatable bonds is 6. The SMILES string of the molecule is C[C@H](NC(=O)OC(C)(C)C)c1ccc(C(O)C2CCCN(C(=O)OCc3ccccc3)C2)cc1. The fourth-order valence-electron chi connectivity index (χ4n) is 4.07. The molecule has 3 rings (SSSR count). The summed E-state index contributed by atoms with van der Waals surface area (Å²) in [5.74, 6) is -0.0683. The Labute approximate surface area is 202 Å². The smallest absolute Gasteiger partial charge is 0.410 e. The van der Waals surface area contributed by atoms with Crippen LogP contribution >= 0.6 is 0 Å². The van der Waals surface area contributed by atoms with E-state index in [1.54, 1.807) is 4.90 Å². The predicted molar refractivity (Wildman–Crippen MR) is 130 cm³/mol. The average Bonchev–Trinajstić information content (AvgIpc) is 2.81. The molecule has 1 aliphatic rings. The van der Waals surface area contributed by atoms with Crippen molar-refractivity contribution in [3.63, 3.8) is 0 Å². The maximum absolute atomic E-state index is 12.5. The molecule has 2 aromatic carbocycles. The van der Waals surface area contributed by atoms with Crippen molar-refractivity contribution in [2.24, 2.45) is 5.92 Å². The van der Waals surface area contributed by atoms with Gasteiger partial charge in [0.2, 0.25) is 0 Å². The topological polar surface area (TPSA) is 88.1 Å². The number of benzene rings is 2. The number of piperidine rings is 1. The van der Waals surface area contributed by atoms with Gasteiger partial charge in [0.05, 0.1) is 12.1 Å². The number of amides is 2. The van der Waals surface area contributed by atoms with Gasteiger partial charge >= 0.3 is 12.2 Å². The van der Waals surface area contributed by atoms with Crippen LogP contribution in [0.1, 0.15) is 69.4 Å². The molecule has 2 aromatic rings. The molecule has 2 amide bonds. The van der Waals surface area contributed by atoms with Crippen molar-refractivity contribution < 1.29 is 24.2 Å². The average molecular weight is 469 g/mol. The van der Waals surface area contributed by atoms with Crippen LogP contribution in [0.3, 0.4) is 0 Å². The van der Waals surface area contributed by atoms with E-state index in [9.17, 15) is 14.7 Å². The zero-order valence-corrected chi connectivity index (χ0v) is 20.5. The Morgan fingerprint density at radius 3 is 2.38 bits per heavy atom. The van der Waals surface area contributed by atoms with Gasteiger partial charge in [0.25, 0.3) is 0 Å². The van der Waals surface area contributed by atoms with E-state index in [1.165, 1.54) is 0 Å². The first-order chi connectivity index (χ1) is 16.1. The Kier molecular flexibility index (Phi) is 8.56. The van der Waals surface area contributed by atoms with Crippen LogP contribution in [0.25, 0.3) is 0 Å². The first kappa shape index (κ1) is 25.6. The molecular formula is C27H36N2O5. The number of likely N-dealkylation sites (tertiary alicyclic amines) is 1. The summed E-state index contributed by atoms with van der Waals surface area (Å²) in [5, 5.41) is 13.8. The van der Waals surface area contributed by atoms with Crippen molar-refractivity contribution in [2.75, 3.05) is 13.1 Å². The maximum Gasteiger partial charge on any atom is 0.410 e. The van der Waals surface area contributed by atoms with Crippen molar-refractivity contribution in [3.8, 4) is 0 Å². The van der Waals surface area contributed by atoms with E-state index >= 15 is 0 Å². The Bertz CT molecular complexity index is 940.